The zero-order chi connectivity index (χ0) is 11.4. The summed E-state index contributed by atoms with van der Waals surface area (Å²) in [5.41, 5.74) is 8.42. The Kier molecular flexibility index (Phi) is 4.15. The second-order valence-electron chi connectivity index (χ2n) is 4.47. The number of rotatable bonds is 4. The first-order chi connectivity index (χ1) is 7.04. The minimum atomic E-state index is 0.111. The molecular formula is C13H21NO. The number of aryl methyl sites for hydroxylation is 1. The molecule has 0 bridgehead atoms. The summed E-state index contributed by atoms with van der Waals surface area (Å²) in [4.78, 5) is 0. The van der Waals surface area contributed by atoms with Crippen LogP contribution in [-0.2, 0) is 0 Å². The molecule has 0 amide bonds. The van der Waals surface area contributed by atoms with Crippen LogP contribution in [0.25, 0.3) is 0 Å². The first-order valence-electron chi connectivity index (χ1n) is 5.44. The molecule has 0 aliphatic heterocycles. The summed E-state index contributed by atoms with van der Waals surface area (Å²) in [6.45, 7) is 6.41. The zero-order valence-electron chi connectivity index (χ0n) is 10.1. The summed E-state index contributed by atoms with van der Waals surface area (Å²) in [6.07, 6.45) is 1.01. The van der Waals surface area contributed by atoms with Gasteiger partial charge in [0.05, 0.1) is 7.11 Å². The van der Waals surface area contributed by atoms with Gasteiger partial charge in [0.2, 0.25) is 0 Å². The maximum absolute atomic E-state index is 6.11. The van der Waals surface area contributed by atoms with Crippen LogP contribution in [0.2, 0.25) is 0 Å². The Hall–Kier alpha value is -1.02. The molecule has 2 N–H and O–H groups in total. The average Bonchev–Trinajstić information content (AvgIpc) is 2.17. The fourth-order valence-electron chi connectivity index (χ4n) is 1.71. The Morgan fingerprint density at radius 1 is 1.33 bits per heavy atom. The van der Waals surface area contributed by atoms with Crippen molar-refractivity contribution >= 4 is 0 Å². The number of hydrogen-bond acceptors (Lipinski definition) is 2. The molecule has 0 spiro atoms. The number of nitrogens with two attached hydrogens (primary N) is 1. The van der Waals surface area contributed by atoms with Crippen LogP contribution in [0.5, 0.6) is 5.75 Å². The zero-order valence-corrected chi connectivity index (χ0v) is 10.1. The summed E-state index contributed by atoms with van der Waals surface area (Å²) in [7, 11) is 1.69. The van der Waals surface area contributed by atoms with Crippen molar-refractivity contribution in [1.82, 2.24) is 0 Å². The van der Waals surface area contributed by atoms with Crippen molar-refractivity contribution in [1.29, 1.82) is 0 Å². The van der Waals surface area contributed by atoms with E-state index in [0.717, 1.165) is 23.3 Å². The van der Waals surface area contributed by atoms with Gasteiger partial charge >= 0.3 is 0 Å². The Balaban J connectivity index is 2.85. The Bertz CT molecular complexity index is 320. The van der Waals surface area contributed by atoms with E-state index in [9.17, 15) is 0 Å². The molecule has 1 atom stereocenters. The minimum absolute atomic E-state index is 0.111. The van der Waals surface area contributed by atoms with Gasteiger partial charge in [-0.05, 0) is 36.5 Å². The van der Waals surface area contributed by atoms with E-state index in [4.69, 9.17) is 10.5 Å². The van der Waals surface area contributed by atoms with Crippen molar-refractivity contribution in [2.24, 2.45) is 11.7 Å². The van der Waals surface area contributed by atoms with Crippen molar-refractivity contribution in [3.05, 3.63) is 29.3 Å². The molecule has 0 saturated carbocycles. The Morgan fingerprint density at radius 3 is 2.53 bits per heavy atom. The van der Waals surface area contributed by atoms with Crippen LogP contribution in [0.1, 0.15) is 37.4 Å². The van der Waals surface area contributed by atoms with Crippen molar-refractivity contribution < 1.29 is 4.74 Å². The quantitative estimate of drug-likeness (QED) is 0.823. The molecule has 15 heavy (non-hydrogen) atoms. The van der Waals surface area contributed by atoms with Crippen LogP contribution in [0, 0.1) is 12.8 Å². The molecule has 0 fully saturated rings. The summed E-state index contributed by atoms with van der Waals surface area (Å²) in [6, 6.07) is 6.31. The molecule has 0 aromatic heterocycles. The van der Waals surface area contributed by atoms with E-state index in [0.29, 0.717) is 5.92 Å². The van der Waals surface area contributed by atoms with Crippen LogP contribution in [0.4, 0.5) is 0 Å². The summed E-state index contributed by atoms with van der Waals surface area (Å²) >= 11 is 0. The number of benzene rings is 1. The van der Waals surface area contributed by atoms with E-state index in [2.05, 4.69) is 26.0 Å². The van der Waals surface area contributed by atoms with Crippen molar-refractivity contribution in [2.45, 2.75) is 33.2 Å². The van der Waals surface area contributed by atoms with Gasteiger partial charge in [-0.25, -0.2) is 0 Å². The van der Waals surface area contributed by atoms with Crippen molar-refractivity contribution in [3.63, 3.8) is 0 Å². The maximum Gasteiger partial charge on any atom is 0.122 e. The van der Waals surface area contributed by atoms with Gasteiger partial charge in [-0.3, -0.25) is 0 Å². The first-order valence-corrected chi connectivity index (χ1v) is 5.44. The normalized spacial score (nSPS) is 12.9. The monoisotopic (exact) mass is 207 g/mol. The number of hydrogen-bond donors (Lipinski definition) is 1. The molecule has 0 saturated heterocycles. The molecule has 0 heterocycles. The summed E-state index contributed by atoms with van der Waals surface area (Å²) in [5.74, 6) is 1.54. The van der Waals surface area contributed by atoms with Gasteiger partial charge in [0.15, 0.2) is 0 Å². The third-order valence-electron chi connectivity index (χ3n) is 2.59. The van der Waals surface area contributed by atoms with E-state index in [-0.39, 0.29) is 6.04 Å². The molecule has 2 heteroatoms. The number of ether oxygens (including phenoxy) is 1. The molecule has 0 radical (unpaired) electrons. The van der Waals surface area contributed by atoms with Crippen molar-refractivity contribution in [2.75, 3.05) is 7.11 Å². The smallest absolute Gasteiger partial charge is 0.122 e. The van der Waals surface area contributed by atoms with E-state index in [1.807, 2.05) is 13.0 Å². The van der Waals surface area contributed by atoms with Gasteiger partial charge in [0.1, 0.15) is 5.75 Å². The summed E-state index contributed by atoms with van der Waals surface area (Å²) in [5, 5.41) is 0. The molecule has 1 rings (SSSR count). The molecule has 0 aliphatic carbocycles. The van der Waals surface area contributed by atoms with Crippen LogP contribution in [0.15, 0.2) is 18.2 Å². The van der Waals surface area contributed by atoms with Gasteiger partial charge in [-0.1, -0.05) is 26.0 Å². The first kappa shape index (κ1) is 12.1. The standard InChI is InChI=1S/C13H21NO/c1-9(2)7-12(14)11-6-5-10(3)13(8-11)15-4/h5-6,8-9,12H,7,14H2,1-4H3/t12-/m0/s1. The molecular weight excluding hydrogens is 186 g/mol. The highest BCUT2D eigenvalue weighted by atomic mass is 16.5. The Labute approximate surface area is 92.4 Å². The minimum Gasteiger partial charge on any atom is -0.496 e. The highest BCUT2D eigenvalue weighted by Gasteiger charge is 2.10. The molecule has 84 valence electrons. The molecule has 2 nitrogen and oxygen atoms in total. The Morgan fingerprint density at radius 2 is 2.00 bits per heavy atom. The van der Waals surface area contributed by atoms with Crippen LogP contribution in [0.3, 0.4) is 0 Å². The van der Waals surface area contributed by atoms with Gasteiger partial charge in [0, 0.05) is 6.04 Å². The predicted molar refractivity (Wildman–Crippen MR) is 64.1 cm³/mol. The van der Waals surface area contributed by atoms with Crippen LogP contribution >= 0.6 is 0 Å². The topological polar surface area (TPSA) is 35.2 Å². The van der Waals surface area contributed by atoms with Gasteiger partial charge in [0.25, 0.3) is 0 Å². The average molecular weight is 207 g/mol. The fraction of sp³-hybridized carbons (Fsp3) is 0.538. The second kappa shape index (κ2) is 5.17. The number of methoxy groups -OCH3 is 1. The molecule has 1 aromatic rings. The third-order valence-corrected chi connectivity index (χ3v) is 2.59. The molecule has 0 unspecified atom stereocenters. The predicted octanol–water partition coefficient (Wildman–Crippen LogP) is 3.05. The van der Waals surface area contributed by atoms with E-state index in [1.54, 1.807) is 7.11 Å². The van der Waals surface area contributed by atoms with Gasteiger partial charge in [-0.15, -0.1) is 0 Å². The lowest BCUT2D eigenvalue weighted by Crippen LogP contribution is -2.13. The van der Waals surface area contributed by atoms with E-state index < -0.39 is 0 Å². The summed E-state index contributed by atoms with van der Waals surface area (Å²) < 4.78 is 5.29. The lowest BCUT2D eigenvalue weighted by atomic mass is 9.97. The van der Waals surface area contributed by atoms with E-state index in [1.165, 1.54) is 0 Å². The van der Waals surface area contributed by atoms with Crippen LogP contribution < -0.4 is 10.5 Å². The van der Waals surface area contributed by atoms with Crippen LogP contribution in [-0.4, -0.2) is 7.11 Å². The largest absolute Gasteiger partial charge is 0.496 e. The fourth-order valence-corrected chi connectivity index (χ4v) is 1.71. The van der Waals surface area contributed by atoms with Crippen molar-refractivity contribution in [3.8, 4) is 5.75 Å². The maximum atomic E-state index is 6.11. The third kappa shape index (κ3) is 3.24. The molecule has 1 aromatic carbocycles. The second-order valence-corrected chi connectivity index (χ2v) is 4.47. The SMILES string of the molecule is COc1cc([C@@H](N)CC(C)C)ccc1C. The van der Waals surface area contributed by atoms with Gasteiger partial charge < -0.3 is 10.5 Å². The lowest BCUT2D eigenvalue weighted by Gasteiger charge is -2.16. The highest BCUT2D eigenvalue weighted by molar-refractivity contribution is 5.37. The highest BCUT2D eigenvalue weighted by Crippen LogP contribution is 2.25. The van der Waals surface area contributed by atoms with E-state index >= 15 is 0 Å². The lowest BCUT2D eigenvalue weighted by molar-refractivity contribution is 0.410. The molecule has 0 aliphatic rings. The van der Waals surface area contributed by atoms with Gasteiger partial charge in [-0.2, -0.15) is 0 Å².